The first-order valence-corrected chi connectivity index (χ1v) is 10.4. The van der Waals surface area contributed by atoms with Crippen LogP contribution >= 0.6 is 11.6 Å². The zero-order chi connectivity index (χ0) is 21.0. The van der Waals surface area contributed by atoms with E-state index in [9.17, 15) is 17.2 Å². The molecule has 29 heavy (non-hydrogen) atoms. The van der Waals surface area contributed by atoms with Crippen molar-refractivity contribution in [1.29, 1.82) is 0 Å². The maximum absolute atomic E-state index is 12.6. The molecule has 0 saturated heterocycles. The number of alkyl halides is 2. The van der Waals surface area contributed by atoms with Crippen molar-refractivity contribution in [3.63, 3.8) is 0 Å². The van der Waals surface area contributed by atoms with Crippen molar-refractivity contribution in [1.82, 2.24) is 24.9 Å². The van der Waals surface area contributed by atoms with Crippen molar-refractivity contribution < 1.29 is 21.6 Å². The zero-order valence-corrected chi connectivity index (χ0v) is 16.5. The molecule has 13 heteroatoms. The number of rotatable bonds is 8. The van der Waals surface area contributed by atoms with Gasteiger partial charge in [0.1, 0.15) is 0 Å². The van der Waals surface area contributed by atoms with Gasteiger partial charge in [-0.05, 0) is 17.7 Å². The molecule has 0 fully saturated rings. The Labute approximate surface area is 169 Å². The maximum Gasteiger partial charge on any atom is 0.314 e. The molecule has 0 radical (unpaired) electrons. The van der Waals surface area contributed by atoms with Gasteiger partial charge in [0, 0.05) is 24.0 Å². The molecule has 0 bridgehead atoms. The van der Waals surface area contributed by atoms with Gasteiger partial charge in [0.2, 0.25) is 16.0 Å². The Kier molecular flexibility index (Phi) is 6.35. The second-order valence-electron chi connectivity index (χ2n) is 5.91. The van der Waals surface area contributed by atoms with Crippen LogP contribution in [0, 0.1) is 0 Å². The second kappa shape index (κ2) is 8.76. The van der Waals surface area contributed by atoms with E-state index in [0.717, 1.165) is 11.8 Å². The van der Waals surface area contributed by atoms with Crippen molar-refractivity contribution in [3.8, 4) is 11.5 Å². The SMILES string of the molecule is CS(=O)(=O)NCC(Nc1ncc(-c2nnc(C(F)F)o2)cn1)c1ccc(Cl)cc1. The number of aromatic nitrogens is 4. The minimum absolute atomic E-state index is 0.0347. The molecule has 9 nitrogen and oxygen atoms in total. The average molecular weight is 445 g/mol. The van der Waals surface area contributed by atoms with Gasteiger partial charge in [-0.2, -0.15) is 8.78 Å². The summed E-state index contributed by atoms with van der Waals surface area (Å²) in [6.45, 7) is 0.0347. The van der Waals surface area contributed by atoms with Crippen molar-refractivity contribution in [3.05, 3.63) is 53.1 Å². The third-order valence-electron chi connectivity index (χ3n) is 3.65. The molecule has 2 heterocycles. The van der Waals surface area contributed by atoms with E-state index in [-0.39, 0.29) is 23.9 Å². The molecule has 0 amide bonds. The van der Waals surface area contributed by atoms with Gasteiger partial charge in [-0.25, -0.2) is 23.1 Å². The average Bonchev–Trinajstić information content (AvgIpc) is 3.16. The summed E-state index contributed by atoms with van der Waals surface area (Å²) in [6, 6.07) is 6.32. The van der Waals surface area contributed by atoms with Gasteiger partial charge in [0.15, 0.2) is 0 Å². The summed E-state index contributed by atoms with van der Waals surface area (Å²) in [5.74, 6) is -0.755. The van der Waals surface area contributed by atoms with E-state index in [1.54, 1.807) is 24.3 Å². The number of anilines is 1. The van der Waals surface area contributed by atoms with E-state index in [1.807, 2.05) is 0 Å². The van der Waals surface area contributed by atoms with Gasteiger partial charge in [-0.1, -0.05) is 23.7 Å². The first kappa shape index (κ1) is 21.0. The number of hydrogen-bond acceptors (Lipinski definition) is 8. The van der Waals surface area contributed by atoms with Crippen LogP contribution in [0.3, 0.4) is 0 Å². The number of nitrogens with one attached hydrogen (secondary N) is 2. The molecular weight excluding hydrogens is 430 g/mol. The van der Waals surface area contributed by atoms with E-state index in [0.29, 0.717) is 5.02 Å². The Hall–Kier alpha value is -2.70. The van der Waals surface area contributed by atoms with Crippen LogP contribution in [0.1, 0.15) is 23.9 Å². The summed E-state index contributed by atoms with van der Waals surface area (Å²) in [5, 5.41) is 10.3. The third kappa shape index (κ3) is 5.89. The normalized spacial score (nSPS) is 12.9. The highest BCUT2D eigenvalue weighted by Gasteiger charge is 2.18. The Balaban J connectivity index is 1.78. The van der Waals surface area contributed by atoms with E-state index in [1.165, 1.54) is 12.4 Å². The molecular formula is C16H15ClF2N6O3S. The predicted molar refractivity (Wildman–Crippen MR) is 101 cm³/mol. The predicted octanol–water partition coefficient (Wildman–Crippen LogP) is 2.82. The topological polar surface area (TPSA) is 123 Å². The quantitative estimate of drug-likeness (QED) is 0.543. The molecule has 0 saturated carbocycles. The molecule has 0 aliphatic carbocycles. The number of sulfonamides is 1. The lowest BCUT2D eigenvalue weighted by atomic mass is 10.1. The summed E-state index contributed by atoms with van der Waals surface area (Å²) in [6.07, 6.45) is 0.817. The maximum atomic E-state index is 12.6. The molecule has 3 rings (SSSR count). The molecule has 2 N–H and O–H groups in total. The smallest absolute Gasteiger partial charge is 0.314 e. The lowest BCUT2D eigenvalue weighted by Crippen LogP contribution is -2.31. The van der Waals surface area contributed by atoms with Crippen LogP contribution in [-0.4, -0.2) is 41.4 Å². The highest BCUT2D eigenvalue weighted by molar-refractivity contribution is 7.88. The molecule has 0 spiro atoms. The minimum Gasteiger partial charge on any atom is -0.415 e. The van der Waals surface area contributed by atoms with Crippen LogP contribution in [0.15, 0.2) is 41.1 Å². The number of halogens is 3. The fourth-order valence-corrected chi connectivity index (χ4v) is 2.89. The summed E-state index contributed by atoms with van der Waals surface area (Å²) < 4.78 is 55.3. The minimum atomic E-state index is -3.42. The van der Waals surface area contributed by atoms with Gasteiger partial charge in [0.05, 0.1) is 17.9 Å². The van der Waals surface area contributed by atoms with Crippen molar-refractivity contribution in [2.24, 2.45) is 0 Å². The molecule has 154 valence electrons. The first-order chi connectivity index (χ1) is 13.7. The Bertz CT molecular complexity index is 1060. The summed E-state index contributed by atoms with van der Waals surface area (Å²) in [7, 11) is -3.42. The van der Waals surface area contributed by atoms with Gasteiger partial charge in [0.25, 0.3) is 11.8 Å². The number of hydrogen-bond donors (Lipinski definition) is 2. The first-order valence-electron chi connectivity index (χ1n) is 8.12. The van der Waals surface area contributed by atoms with Crippen molar-refractivity contribution in [2.45, 2.75) is 12.5 Å². The van der Waals surface area contributed by atoms with E-state index >= 15 is 0 Å². The van der Waals surface area contributed by atoms with Crippen molar-refractivity contribution >= 4 is 27.6 Å². The van der Waals surface area contributed by atoms with Gasteiger partial charge in [-0.15, -0.1) is 10.2 Å². The van der Waals surface area contributed by atoms with Crippen LogP contribution in [0.5, 0.6) is 0 Å². The second-order valence-corrected chi connectivity index (χ2v) is 8.18. The standard InChI is InChI=1S/C16H15ClF2N6O3S/c1-29(26,27)22-8-12(9-2-4-11(17)5-3-9)23-16-20-6-10(7-21-16)14-24-25-15(28-14)13(18)19/h2-7,12-13,22H,8H2,1H3,(H,20,21,23). The Morgan fingerprint density at radius 3 is 2.34 bits per heavy atom. The van der Waals surface area contributed by atoms with Gasteiger partial charge >= 0.3 is 6.43 Å². The molecule has 1 unspecified atom stereocenters. The summed E-state index contributed by atoms with van der Waals surface area (Å²) >= 11 is 5.90. The van der Waals surface area contributed by atoms with E-state index < -0.39 is 28.4 Å². The Morgan fingerprint density at radius 1 is 1.14 bits per heavy atom. The molecule has 3 aromatic rings. The van der Waals surface area contributed by atoms with Crippen LogP contribution < -0.4 is 10.0 Å². The van der Waals surface area contributed by atoms with Crippen LogP contribution in [-0.2, 0) is 10.0 Å². The summed E-state index contributed by atoms with van der Waals surface area (Å²) in [4.78, 5) is 8.19. The fraction of sp³-hybridized carbons (Fsp3) is 0.250. The summed E-state index contributed by atoms with van der Waals surface area (Å²) in [5.41, 5.74) is 1.00. The molecule has 1 aromatic carbocycles. The van der Waals surface area contributed by atoms with E-state index in [2.05, 4.69) is 30.2 Å². The van der Waals surface area contributed by atoms with E-state index in [4.69, 9.17) is 16.0 Å². The van der Waals surface area contributed by atoms with Crippen LogP contribution in [0.2, 0.25) is 5.02 Å². The lowest BCUT2D eigenvalue weighted by Gasteiger charge is -2.19. The van der Waals surface area contributed by atoms with Crippen LogP contribution in [0.25, 0.3) is 11.5 Å². The fourth-order valence-electron chi connectivity index (χ4n) is 2.29. The van der Waals surface area contributed by atoms with Gasteiger partial charge < -0.3 is 9.73 Å². The molecule has 0 aliphatic rings. The molecule has 0 aliphatic heterocycles. The zero-order valence-electron chi connectivity index (χ0n) is 14.9. The highest BCUT2D eigenvalue weighted by Crippen LogP contribution is 2.23. The van der Waals surface area contributed by atoms with Crippen molar-refractivity contribution in [2.75, 3.05) is 18.1 Å². The number of nitrogens with zero attached hydrogens (tertiary/aromatic N) is 4. The van der Waals surface area contributed by atoms with Crippen LogP contribution in [0.4, 0.5) is 14.7 Å². The molecule has 1 atom stereocenters. The highest BCUT2D eigenvalue weighted by atomic mass is 35.5. The monoisotopic (exact) mass is 444 g/mol. The lowest BCUT2D eigenvalue weighted by molar-refractivity contribution is 0.116. The largest absolute Gasteiger partial charge is 0.415 e. The molecule has 2 aromatic heterocycles. The Morgan fingerprint density at radius 2 is 1.79 bits per heavy atom. The number of benzene rings is 1. The van der Waals surface area contributed by atoms with Gasteiger partial charge in [-0.3, -0.25) is 0 Å². The third-order valence-corrected chi connectivity index (χ3v) is 4.59.